The van der Waals surface area contributed by atoms with Gasteiger partial charge in [0.15, 0.2) is 0 Å². The fourth-order valence-corrected chi connectivity index (χ4v) is 0.965. The lowest BCUT2D eigenvalue weighted by atomic mass is 10.2. The second-order valence-electron chi connectivity index (χ2n) is 4.35. The highest BCUT2D eigenvalue weighted by Gasteiger charge is 2.13. The number of amides is 1. The summed E-state index contributed by atoms with van der Waals surface area (Å²) < 4.78 is 6.96. The maximum Gasteiger partial charge on any atom is 0.250 e. The van der Waals surface area contributed by atoms with Crippen LogP contribution in [0.3, 0.4) is 0 Å². The maximum absolute atomic E-state index is 11.4. The van der Waals surface area contributed by atoms with Crippen molar-refractivity contribution < 1.29 is 9.53 Å². The van der Waals surface area contributed by atoms with E-state index in [0.29, 0.717) is 5.69 Å². The molecule has 0 bridgehead atoms. The summed E-state index contributed by atoms with van der Waals surface area (Å²) in [5.41, 5.74) is 0.381. The molecule has 84 valence electrons. The van der Waals surface area contributed by atoms with Crippen molar-refractivity contribution in [1.29, 1.82) is 0 Å². The lowest BCUT2D eigenvalue weighted by Gasteiger charge is -2.18. The van der Waals surface area contributed by atoms with Crippen molar-refractivity contribution in [2.24, 2.45) is 7.05 Å². The minimum atomic E-state index is -0.299. The molecule has 15 heavy (non-hydrogen) atoms. The zero-order valence-corrected chi connectivity index (χ0v) is 9.57. The first-order chi connectivity index (χ1) is 6.87. The van der Waals surface area contributed by atoms with Gasteiger partial charge in [0.25, 0.3) is 0 Å². The Morgan fingerprint density at radius 3 is 2.73 bits per heavy atom. The number of carbonyl (C=O) groups excluding carboxylic acids is 1. The van der Waals surface area contributed by atoms with Gasteiger partial charge >= 0.3 is 0 Å². The fraction of sp³-hybridized carbons (Fsp3) is 0.600. The van der Waals surface area contributed by atoms with Gasteiger partial charge in [-0.15, -0.1) is 0 Å². The number of anilines is 1. The molecular formula is C10H17N3O2. The van der Waals surface area contributed by atoms with E-state index < -0.39 is 0 Å². The molecule has 0 saturated carbocycles. The minimum absolute atomic E-state index is 0.0540. The van der Waals surface area contributed by atoms with Gasteiger partial charge in [0, 0.05) is 13.2 Å². The smallest absolute Gasteiger partial charge is 0.250 e. The second-order valence-corrected chi connectivity index (χ2v) is 4.35. The molecule has 0 saturated heterocycles. The summed E-state index contributed by atoms with van der Waals surface area (Å²) in [6, 6.07) is 0. The maximum atomic E-state index is 11.4. The normalized spacial score (nSPS) is 11.5. The molecule has 0 fully saturated rings. The first-order valence-corrected chi connectivity index (χ1v) is 4.79. The summed E-state index contributed by atoms with van der Waals surface area (Å²) in [5, 5.41) is 6.63. The fourth-order valence-electron chi connectivity index (χ4n) is 0.965. The predicted octanol–water partition coefficient (Wildman–Crippen LogP) is 1.17. The van der Waals surface area contributed by atoms with Crippen molar-refractivity contribution in [2.45, 2.75) is 26.4 Å². The number of nitrogens with zero attached hydrogens (tertiary/aromatic N) is 2. The van der Waals surface area contributed by atoms with Crippen LogP contribution in [-0.2, 0) is 16.6 Å². The van der Waals surface area contributed by atoms with E-state index in [4.69, 9.17) is 4.74 Å². The van der Waals surface area contributed by atoms with E-state index in [0.717, 1.165) is 0 Å². The number of carbonyl (C=O) groups is 1. The third-order valence-corrected chi connectivity index (χ3v) is 1.62. The first-order valence-electron chi connectivity index (χ1n) is 4.79. The van der Waals surface area contributed by atoms with Crippen LogP contribution in [0.15, 0.2) is 12.4 Å². The van der Waals surface area contributed by atoms with Crippen LogP contribution in [0.5, 0.6) is 0 Å². The Balaban J connectivity index is 2.37. The molecule has 0 unspecified atom stereocenters. The van der Waals surface area contributed by atoms with Gasteiger partial charge in [-0.1, -0.05) is 0 Å². The zero-order valence-electron chi connectivity index (χ0n) is 9.57. The highest BCUT2D eigenvalue weighted by Crippen LogP contribution is 2.07. The van der Waals surface area contributed by atoms with E-state index in [1.807, 2.05) is 20.8 Å². The average molecular weight is 211 g/mol. The molecule has 5 nitrogen and oxygen atoms in total. The zero-order chi connectivity index (χ0) is 11.5. The Morgan fingerprint density at radius 1 is 1.60 bits per heavy atom. The highest BCUT2D eigenvalue weighted by molar-refractivity contribution is 5.91. The number of nitrogens with one attached hydrogen (secondary N) is 1. The molecule has 1 aromatic heterocycles. The van der Waals surface area contributed by atoms with E-state index in [-0.39, 0.29) is 18.1 Å². The predicted molar refractivity (Wildman–Crippen MR) is 57.5 cm³/mol. The second kappa shape index (κ2) is 4.44. The number of rotatable bonds is 3. The third-order valence-electron chi connectivity index (χ3n) is 1.62. The SMILES string of the molecule is Cn1cc(NC(=O)COC(C)(C)C)cn1. The number of hydrogen-bond donors (Lipinski definition) is 1. The Morgan fingerprint density at radius 2 is 2.27 bits per heavy atom. The molecule has 0 radical (unpaired) electrons. The third kappa shape index (κ3) is 4.60. The van der Waals surface area contributed by atoms with Crippen LogP contribution in [0.1, 0.15) is 20.8 Å². The molecule has 1 amide bonds. The van der Waals surface area contributed by atoms with Crippen LogP contribution in [0, 0.1) is 0 Å². The Hall–Kier alpha value is -1.36. The summed E-state index contributed by atoms with van der Waals surface area (Å²) in [6.07, 6.45) is 3.32. The van der Waals surface area contributed by atoms with Crippen molar-refractivity contribution in [3.63, 3.8) is 0 Å². The van der Waals surface area contributed by atoms with Crippen molar-refractivity contribution >= 4 is 11.6 Å². The van der Waals surface area contributed by atoms with Gasteiger partial charge in [0.05, 0.1) is 17.5 Å². The topological polar surface area (TPSA) is 56.2 Å². The summed E-state index contributed by atoms with van der Waals surface area (Å²) in [4.78, 5) is 11.4. The first kappa shape index (κ1) is 11.7. The van der Waals surface area contributed by atoms with Gasteiger partial charge in [-0.05, 0) is 20.8 Å². The van der Waals surface area contributed by atoms with Crippen LogP contribution in [0.25, 0.3) is 0 Å². The van der Waals surface area contributed by atoms with Crippen molar-refractivity contribution in [3.05, 3.63) is 12.4 Å². The van der Waals surface area contributed by atoms with Crippen molar-refractivity contribution in [2.75, 3.05) is 11.9 Å². The number of hydrogen-bond acceptors (Lipinski definition) is 3. The van der Waals surface area contributed by atoms with Crippen LogP contribution in [-0.4, -0.2) is 27.9 Å². The summed E-state index contributed by atoms with van der Waals surface area (Å²) in [5.74, 6) is -0.169. The van der Waals surface area contributed by atoms with Gasteiger partial charge in [0.1, 0.15) is 6.61 Å². The average Bonchev–Trinajstić information content (AvgIpc) is 2.47. The van der Waals surface area contributed by atoms with Gasteiger partial charge in [-0.3, -0.25) is 9.48 Å². The van der Waals surface area contributed by atoms with Crippen LogP contribution in [0.4, 0.5) is 5.69 Å². The van der Waals surface area contributed by atoms with Crippen LogP contribution < -0.4 is 5.32 Å². The van der Waals surface area contributed by atoms with E-state index in [1.165, 1.54) is 0 Å². The molecule has 1 aromatic rings. The number of aryl methyl sites for hydroxylation is 1. The van der Waals surface area contributed by atoms with E-state index in [2.05, 4.69) is 10.4 Å². The van der Waals surface area contributed by atoms with E-state index >= 15 is 0 Å². The molecule has 0 aliphatic rings. The molecule has 1 N–H and O–H groups in total. The Labute approximate surface area is 89.4 Å². The number of aromatic nitrogens is 2. The van der Waals surface area contributed by atoms with E-state index in [1.54, 1.807) is 24.1 Å². The standard InChI is InChI=1S/C10H17N3O2/c1-10(2,3)15-7-9(14)12-8-5-11-13(4)6-8/h5-6H,7H2,1-4H3,(H,12,14). The monoisotopic (exact) mass is 211 g/mol. The van der Waals surface area contributed by atoms with E-state index in [9.17, 15) is 4.79 Å². The van der Waals surface area contributed by atoms with Gasteiger partial charge in [0.2, 0.25) is 5.91 Å². The van der Waals surface area contributed by atoms with Crippen molar-refractivity contribution in [1.82, 2.24) is 9.78 Å². The molecule has 0 aliphatic carbocycles. The largest absolute Gasteiger partial charge is 0.366 e. The summed E-state index contributed by atoms with van der Waals surface area (Å²) in [6.45, 7) is 5.78. The molecular weight excluding hydrogens is 194 g/mol. The molecule has 0 aliphatic heterocycles. The molecule has 5 heteroatoms. The minimum Gasteiger partial charge on any atom is -0.366 e. The van der Waals surface area contributed by atoms with Crippen molar-refractivity contribution in [3.8, 4) is 0 Å². The summed E-state index contributed by atoms with van der Waals surface area (Å²) >= 11 is 0. The quantitative estimate of drug-likeness (QED) is 0.816. The number of ether oxygens (including phenoxy) is 1. The lowest BCUT2D eigenvalue weighted by molar-refractivity contribution is -0.125. The molecule has 1 heterocycles. The molecule has 0 atom stereocenters. The Bertz CT molecular complexity index is 339. The molecule has 1 rings (SSSR count). The van der Waals surface area contributed by atoms with Gasteiger partial charge in [-0.2, -0.15) is 5.10 Å². The molecule has 0 aromatic carbocycles. The van der Waals surface area contributed by atoms with Gasteiger partial charge in [-0.25, -0.2) is 0 Å². The highest BCUT2D eigenvalue weighted by atomic mass is 16.5. The summed E-state index contributed by atoms with van der Waals surface area (Å²) in [7, 11) is 1.79. The van der Waals surface area contributed by atoms with Crippen LogP contribution >= 0.6 is 0 Å². The van der Waals surface area contributed by atoms with Crippen LogP contribution in [0.2, 0.25) is 0 Å². The molecule has 0 spiro atoms. The van der Waals surface area contributed by atoms with Gasteiger partial charge < -0.3 is 10.1 Å². The lowest BCUT2D eigenvalue weighted by Crippen LogP contribution is -2.27. The Kier molecular flexibility index (Phi) is 3.47.